The zero-order valence-electron chi connectivity index (χ0n) is 13.1. The summed E-state index contributed by atoms with van der Waals surface area (Å²) in [6.07, 6.45) is 2.88. The Morgan fingerprint density at radius 1 is 1.17 bits per heavy atom. The van der Waals surface area contributed by atoms with Crippen LogP contribution in [0.5, 0.6) is 5.75 Å². The van der Waals surface area contributed by atoms with Gasteiger partial charge in [0.1, 0.15) is 11.6 Å². The van der Waals surface area contributed by atoms with E-state index in [1.54, 1.807) is 31.2 Å². The Morgan fingerprint density at radius 2 is 1.91 bits per heavy atom. The van der Waals surface area contributed by atoms with Gasteiger partial charge in [0.05, 0.1) is 6.04 Å². The molecule has 0 aliphatic carbocycles. The molecule has 0 saturated carbocycles. The van der Waals surface area contributed by atoms with Gasteiger partial charge in [0.25, 0.3) is 5.91 Å². The van der Waals surface area contributed by atoms with Crippen LogP contribution < -0.4 is 0 Å². The number of hydrogen-bond acceptors (Lipinski definition) is 2. The second-order valence-corrected chi connectivity index (χ2v) is 6.06. The van der Waals surface area contributed by atoms with E-state index in [-0.39, 0.29) is 23.5 Å². The van der Waals surface area contributed by atoms with Crippen molar-refractivity contribution in [3.8, 4) is 5.75 Å². The third kappa shape index (κ3) is 3.21. The van der Waals surface area contributed by atoms with Gasteiger partial charge in [-0.2, -0.15) is 0 Å². The Morgan fingerprint density at radius 3 is 2.61 bits per heavy atom. The molecule has 0 radical (unpaired) electrons. The van der Waals surface area contributed by atoms with Gasteiger partial charge in [-0.15, -0.1) is 0 Å². The highest BCUT2D eigenvalue weighted by molar-refractivity contribution is 5.95. The molecule has 23 heavy (non-hydrogen) atoms. The summed E-state index contributed by atoms with van der Waals surface area (Å²) < 4.78 is 13.1. The molecule has 4 heteroatoms. The van der Waals surface area contributed by atoms with Crippen molar-refractivity contribution in [3.05, 3.63) is 65.0 Å². The Hall–Kier alpha value is -2.36. The summed E-state index contributed by atoms with van der Waals surface area (Å²) in [4.78, 5) is 14.7. The van der Waals surface area contributed by atoms with Crippen molar-refractivity contribution in [1.29, 1.82) is 0 Å². The first kappa shape index (κ1) is 15.5. The standard InChI is InChI=1S/C19H20FNO2/c1-13-5-6-15(12-18(13)22)19(23)21-11-3-2-4-17(21)14-7-9-16(20)10-8-14/h5-10,12,17,22H,2-4,11H2,1H3. The highest BCUT2D eigenvalue weighted by Gasteiger charge is 2.28. The summed E-state index contributed by atoms with van der Waals surface area (Å²) in [5, 5.41) is 9.85. The normalized spacial score (nSPS) is 18.0. The summed E-state index contributed by atoms with van der Waals surface area (Å²) in [5.74, 6) is -0.230. The molecule has 2 aromatic rings. The van der Waals surface area contributed by atoms with Crippen LogP contribution in [0.3, 0.4) is 0 Å². The van der Waals surface area contributed by atoms with Crippen molar-refractivity contribution < 1.29 is 14.3 Å². The number of nitrogens with zero attached hydrogens (tertiary/aromatic N) is 1. The number of halogens is 1. The van der Waals surface area contributed by atoms with E-state index in [0.29, 0.717) is 12.1 Å². The molecular formula is C19H20FNO2. The topological polar surface area (TPSA) is 40.5 Å². The number of amides is 1. The average Bonchev–Trinajstić information content (AvgIpc) is 2.57. The molecule has 1 fully saturated rings. The van der Waals surface area contributed by atoms with Crippen LogP contribution in [-0.2, 0) is 0 Å². The number of hydrogen-bond donors (Lipinski definition) is 1. The largest absolute Gasteiger partial charge is 0.508 e. The van der Waals surface area contributed by atoms with E-state index in [2.05, 4.69) is 0 Å². The number of aryl methyl sites for hydroxylation is 1. The molecule has 1 atom stereocenters. The molecule has 1 aliphatic heterocycles. The number of rotatable bonds is 2. The lowest BCUT2D eigenvalue weighted by Gasteiger charge is -2.36. The molecule has 3 rings (SSSR count). The minimum absolute atomic E-state index is 0.0414. The Bertz CT molecular complexity index is 712. The van der Waals surface area contributed by atoms with E-state index >= 15 is 0 Å². The lowest BCUT2D eigenvalue weighted by Crippen LogP contribution is -2.38. The van der Waals surface area contributed by atoms with Crippen LogP contribution in [-0.4, -0.2) is 22.5 Å². The molecule has 1 heterocycles. The maximum absolute atomic E-state index is 13.1. The van der Waals surface area contributed by atoms with E-state index in [9.17, 15) is 14.3 Å². The zero-order chi connectivity index (χ0) is 16.4. The molecule has 1 amide bonds. The highest BCUT2D eigenvalue weighted by Crippen LogP contribution is 2.32. The maximum atomic E-state index is 13.1. The van der Waals surface area contributed by atoms with E-state index in [0.717, 1.165) is 30.4 Å². The predicted octanol–water partition coefficient (Wildman–Crippen LogP) is 4.21. The Labute approximate surface area is 135 Å². The third-order valence-corrected chi connectivity index (χ3v) is 4.47. The number of phenols is 1. The van der Waals surface area contributed by atoms with Crippen LogP contribution >= 0.6 is 0 Å². The van der Waals surface area contributed by atoms with Crippen molar-refractivity contribution in [2.45, 2.75) is 32.2 Å². The van der Waals surface area contributed by atoms with Crippen LogP contribution in [0.2, 0.25) is 0 Å². The molecule has 1 N–H and O–H groups in total. The monoisotopic (exact) mass is 313 g/mol. The fourth-order valence-corrected chi connectivity index (χ4v) is 3.11. The number of piperidine rings is 1. The number of aromatic hydroxyl groups is 1. The van der Waals surface area contributed by atoms with Gasteiger partial charge in [0.2, 0.25) is 0 Å². The van der Waals surface area contributed by atoms with E-state index in [4.69, 9.17) is 0 Å². The lowest BCUT2D eigenvalue weighted by molar-refractivity contribution is 0.0611. The van der Waals surface area contributed by atoms with Gasteiger partial charge in [0.15, 0.2) is 0 Å². The molecule has 1 aliphatic rings. The first-order valence-electron chi connectivity index (χ1n) is 7.92. The van der Waals surface area contributed by atoms with Crippen LogP contribution in [0, 0.1) is 12.7 Å². The summed E-state index contributed by atoms with van der Waals surface area (Å²) in [6.45, 7) is 2.47. The molecule has 1 saturated heterocycles. The zero-order valence-corrected chi connectivity index (χ0v) is 13.1. The molecule has 120 valence electrons. The number of likely N-dealkylation sites (tertiary alicyclic amines) is 1. The van der Waals surface area contributed by atoms with Crippen molar-refractivity contribution in [3.63, 3.8) is 0 Å². The van der Waals surface area contributed by atoms with E-state index < -0.39 is 0 Å². The van der Waals surface area contributed by atoms with Gasteiger partial charge in [-0.05, 0) is 61.6 Å². The van der Waals surface area contributed by atoms with Crippen LogP contribution in [0.1, 0.15) is 46.8 Å². The quantitative estimate of drug-likeness (QED) is 0.902. The van der Waals surface area contributed by atoms with E-state index in [1.807, 2.05) is 4.90 Å². The number of carbonyl (C=O) groups is 1. The SMILES string of the molecule is Cc1ccc(C(=O)N2CCCCC2c2ccc(F)cc2)cc1O. The molecule has 1 unspecified atom stereocenters. The summed E-state index contributed by atoms with van der Waals surface area (Å²) in [5.41, 5.74) is 2.19. The lowest BCUT2D eigenvalue weighted by atomic mass is 9.94. The minimum atomic E-state index is -0.272. The minimum Gasteiger partial charge on any atom is -0.508 e. The number of benzene rings is 2. The van der Waals surface area contributed by atoms with Crippen molar-refractivity contribution >= 4 is 5.91 Å². The van der Waals surface area contributed by atoms with Crippen LogP contribution in [0.15, 0.2) is 42.5 Å². The first-order valence-corrected chi connectivity index (χ1v) is 7.92. The maximum Gasteiger partial charge on any atom is 0.254 e. The van der Waals surface area contributed by atoms with Gasteiger partial charge in [-0.1, -0.05) is 18.2 Å². The van der Waals surface area contributed by atoms with Crippen molar-refractivity contribution in [2.75, 3.05) is 6.54 Å². The van der Waals surface area contributed by atoms with Gasteiger partial charge in [-0.3, -0.25) is 4.79 Å². The Kier molecular flexibility index (Phi) is 4.33. The highest BCUT2D eigenvalue weighted by atomic mass is 19.1. The molecule has 0 bridgehead atoms. The second-order valence-electron chi connectivity index (χ2n) is 6.06. The first-order chi connectivity index (χ1) is 11.1. The molecule has 0 aromatic heterocycles. The van der Waals surface area contributed by atoms with Gasteiger partial charge < -0.3 is 10.0 Å². The van der Waals surface area contributed by atoms with Crippen LogP contribution in [0.25, 0.3) is 0 Å². The molecule has 0 spiro atoms. The van der Waals surface area contributed by atoms with E-state index in [1.165, 1.54) is 18.2 Å². The second kappa shape index (κ2) is 6.41. The summed E-state index contributed by atoms with van der Waals surface area (Å²) in [7, 11) is 0. The van der Waals surface area contributed by atoms with Crippen molar-refractivity contribution in [1.82, 2.24) is 4.90 Å². The average molecular weight is 313 g/mol. The number of phenolic OH excluding ortho intramolecular Hbond substituents is 1. The Balaban J connectivity index is 1.89. The summed E-state index contributed by atoms with van der Waals surface area (Å²) >= 11 is 0. The van der Waals surface area contributed by atoms with Gasteiger partial charge >= 0.3 is 0 Å². The molecule has 2 aromatic carbocycles. The van der Waals surface area contributed by atoms with Gasteiger partial charge in [-0.25, -0.2) is 4.39 Å². The molecule has 3 nitrogen and oxygen atoms in total. The van der Waals surface area contributed by atoms with Gasteiger partial charge in [0, 0.05) is 12.1 Å². The third-order valence-electron chi connectivity index (χ3n) is 4.47. The fraction of sp³-hybridized carbons (Fsp3) is 0.316. The smallest absolute Gasteiger partial charge is 0.254 e. The van der Waals surface area contributed by atoms with Crippen molar-refractivity contribution in [2.24, 2.45) is 0 Å². The predicted molar refractivity (Wildman–Crippen MR) is 86.9 cm³/mol. The molecular weight excluding hydrogens is 293 g/mol. The number of carbonyl (C=O) groups excluding carboxylic acids is 1. The van der Waals surface area contributed by atoms with Crippen LogP contribution in [0.4, 0.5) is 4.39 Å². The fourth-order valence-electron chi connectivity index (χ4n) is 3.11. The summed E-state index contributed by atoms with van der Waals surface area (Å²) in [6, 6.07) is 11.3.